The van der Waals surface area contributed by atoms with E-state index in [0.717, 1.165) is 6.26 Å². The van der Waals surface area contributed by atoms with Crippen LogP contribution in [0.15, 0.2) is 23.1 Å². The molecule has 0 atom stereocenters. The summed E-state index contributed by atoms with van der Waals surface area (Å²) in [6, 6.07) is 0.781. The molecule has 1 aromatic rings. The Morgan fingerprint density at radius 1 is 1.28 bits per heavy atom. The molecule has 0 unspecified atom stereocenters. The maximum absolute atomic E-state index is 11.2. The van der Waals surface area contributed by atoms with Gasteiger partial charge in [0.2, 0.25) is 15.0 Å². The second kappa shape index (κ2) is 4.18. The number of amides is 3. The lowest BCUT2D eigenvalue weighted by Crippen LogP contribution is -2.22. The highest BCUT2D eigenvalue weighted by molar-refractivity contribution is 7.90. The van der Waals surface area contributed by atoms with Crippen LogP contribution in [0.1, 0.15) is 5.69 Å². The van der Waals surface area contributed by atoms with Crippen LogP contribution < -0.4 is 10.6 Å². The van der Waals surface area contributed by atoms with Crippen LogP contribution in [0.3, 0.4) is 0 Å². The largest absolute Gasteiger partial charge is 0.326 e. The fourth-order valence-corrected chi connectivity index (χ4v) is 1.77. The summed E-state index contributed by atoms with van der Waals surface area (Å²) < 4.78 is 22.5. The first kappa shape index (κ1) is 12.2. The van der Waals surface area contributed by atoms with Crippen LogP contribution in [0, 0.1) is 0 Å². The Balaban J connectivity index is 2.39. The van der Waals surface area contributed by atoms with Crippen molar-refractivity contribution in [1.82, 2.24) is 20.6 Å². The summed E-state index contributed by atoms with van der Waals surface area (Å²) in [6.45, 7) is 0. The molecule has 2 heterocycles. The zero-order valence-electron chi connectivity index (χ0n) is 9.17. The third-order valence-electron chi connectivity index (χ3n) is 2.00. The molecule has 1 saturated heterocycles. The molecule has 0 spiro atoms. The van der Waals surface area contributed by atoms with E-state index in [4.69, 9.17) is 0 Å². The van der Waals surface area contributed by atoms with E-state index in [0.29, 0.717) is 0 Å². The Hall–Kier alpha value is -2.29. The average Bonchev–Trinajstić information content (AvgIpc) is 2.56. The highest BCUT2D eigenvalue weighted by Crippen LogP contribution is 2.07. The lowest BCUT2D eigenvalue weighted by atomic mass is 10.3. The number of carbonyl (C=O) groups is 2. The van der Waals surface area contributed by atoms with Crippen LogP contribution in [0.4, 0.5) is 4.79 Å². The van der Waals surface area contributed by atoms with Crippen molar-refractivity contribution in [3.8, 4) is 0 Å². The normalized spacial score (nSPS) is 17.7. The fourth-order valence-electron chi connectivity index (χ4n) is 1.24. The van der Waals surface area contributed by atoms with E-state index in [1.165, 1.54) is 18.3 Å². The van der Waals surface area contributed by atoms with Gasteiger partial charge in [0.15, 0.2) is 0 Å². The molecule has 9 heteroatoms. The number of sulfone groups is 1. The number of hydrogen-bond acceptors (Lipinski definition) is 6. The van der Waals surface area contributed by atoms with Crippen LogP contribution >= 0.6 is 0 Å². The standard InChI is InChI=1S/C9H8N4O4S/c1-18(16,17)9-10-3-2-5(11-9)4-6-7(14)13-8(15)12-6/h2-4H,1H3,(H2,12,13,14,15). The van der Waals surface area contributed by atoms with Crippen LogP contribution in [0.2, 0.25) is 0 Å². The van der Waals surface area contributed by atoms with Crippen LogP contribution in [-0.2, 0) is 14.6 Å². The summed E-state index contributed by atoms with van der Waals surface area (Å²) in [5.74, 6) is -0.598. The predicted molar refractivity (Wildman–Crippen MR) is 59.8 cm³/mol. The van der Waals surface area contributed by atoms with Crippen LogP contribution in [-0.4, -0.2) is 36.6 Å². The first-order valence-corrected chi connectivity index (χ1v) is 6.62. The first-order valence-electron chi connectivity index (χ1n) is 4.73. The minimum atomic E-state index is -3.52. The van der Waals surface area contributed by atoms with Crippen molar-refractivity contribution in [3.05, 3.63) is 23.7 Å². The molecular formula is C9H8N4O4S. The van der Waals surface area contributed by atoms with Gasteiger partial charge >= 0.3 is 6.03 Å². The maximum Gasteiger partial charge on any atom is 0.326 e. The number of aromatic nitrogens is 2. The van der Waals surface area contributed by atoms with Crippen molar-refractivity contribution in [3.63, 3.8) is 0 Å². The van der Waals surface area contributed by atoms with Crippen molar-refractivity contribution < 1.29 is 18.0 Å². The zero-order chi connectivity index (χ0) is 13.3. The van der Waals surface area contributed by atoms with Crippen molar-refractivity contribution in [1.29, 1.82) is 0 Å². The number of rotatable bonds is 2. The third-order valence-corrected chi connectivity index (χ3v) is 2.86. The quantitative estimate of drug-likeness (QED) is 0.406. The summed E-state index contributed by atoms with van der Waals surface area (Å²) in [6.07, 6.45) is 3.49. The van der Waals surface area contributed by atoms with Gasteiger partial charge in [0.25, 0.3) is 5.91 Å². The van der Waals surface area contributed by atoms with Crippen LogP contribution in [0.25, 0.3) is 6.08 Å². The Morgan fingerprint density at radius 2 is 2.00 bits per heavy atom. The zero-order valence-corrected chi connectivity index (χ0v) is 9.98. The Kier molecular flexibility index (Phi) is 2.83. The molecule has 1 aliphatic rings. The number of imide groups is 1. The van der Waals surface area contributed by atoms with Gasteiger partial charge < -0.3 is 5.32 Å². The number of nitrogens with zero attached hydrogens (tertiary/aromatic N) is 2. The highest BCUT2D eigenvalue weighted by Gasteiger charge is 2.23. The molecular weight excluding hydrogens is 260 g/mol. The fraction of sp³-hybridized carbons (Fsp3) is 0.111. The molecule has 2 N–H and O–H groups in total. The number of urea groups is 1. The SMILES string of the molecule is CS(=O)(=O)c1nccc(C=C2NC(=O)NC2=O)n1. The second-order valence-corrected chi connectivity index (χ2v) is 5.41. The predicted octanol–water partition coefficient (Wildman–Crippen LogP) is -0.940. The minimum Gasteiger partial charge on any atom is -0.303 e. The number of hydrogen-bond donors (Lipinski definition) is 2. The molecule has 1 fully saturated rings. The summed E-state index contributed by atoms with van der Waals surface area (Å²) in [5.41, 5.74) is 0.205. The molecule has 3 amide bonds. The molecule has 0 aliphatic carbocycles. The van der Waals surface area contributed by atoms with E-state index < -0.39 is 21.8 Å². The van der Waals surface area contributed by atoms with Gasteiger partial charge in [-0.3, -0.25) is 10.1 Å². The molecule has 0 saturated carbocycles. The lowest BCUT2D eigenvalue weighted by molar-refractivity contribution is -0.115. The maximum atomic E-state index is 11.2. The summed E-state index contributed by atoms with van der Waals surface area (Å²) in [7, 11) is -3.52. The monoisotopic (exact) mass is 268 g/mol. The van der Waals surface area contributed by atoms with E-state index >= 15 is 0 Å². The molecule has 1 aliphatic heterocycles. The van der Waals surface area contributed by atoms with E-state index in [1.807, 2.05) is 5.32 Å². The van der Waals surface area contributed by atoms with Crippen molar-refractivity contribution >= 4 is 27.9 Å². The lowest BCUT2D eigenvalue weighted by Gasteiger charge is -1.98. The van der Waals surface area contributed by atoms with E-state index in [9.17, 15) is 18.0 Å². The van der Waals surface area contributed by atoms with Gasteiger partial charge in [-0.1, -0.05) is 0 Å². The molecule has 0 radical (unpaired) electrons. The molecule has 0 aromatic carbocycles. The Labute approximate surface area is 102 Å². The Bertz CT molecular complexity index is 665. The summed E-state index contributed by atoms with van der Waals surface area (Å²) in [4.78, 5) is 29.5. The van der Waals surface area contributed by atoms with Crippen molar-refractivity contribution in [2.75, 3.05) is 6.26 Å². The topological polar surface area (TPSA) is 118 Å². The molecule has 0 bridgehead atoms. The second-order valence-electron chi connectivity index (χ2n) is 3.50. The van der Waals surface area contributed by atoms with Gasteiger partial charge in [-0.25, -0.2) is 23.2 Å². The van der Waals surface area contributed by atoms with Gasteiger partial charge in [-0.15, -0.1) is 0 Å². The van der Waals surface area contributed by atoms with Crippen molar-refractivity contribution in [2.24, 2.45) is 0 Å². The molecule has 18 heavy (non-hydrogen) atoms. The average molecular weight is 268 g/mol. The summed E-state index contributed by atoms with van der Waals surface area (Å²) in [5, 5.41) is 3.93. The molecule has 94 valence electrons. The van der Waals surface area contributed by atoms with Gasteiger partial charge in [0, 0.05) is 12.5 Å². The first-order chi connectivity index (χ1) is 8.36. The Morgan fingerprint density at radius 3 is 2.56 bits per heavy atom. The van der Waals surface area contributed by atoms with Gasteiger partial charge in [-0.05, 0) is 12.1 Å². The number of carbonyl (C=O) groups excluding carboxylic acids is 2. The van der Waals surface area contributed by atoms with E-state index in [-0.39, 0.29) is 16.5 Å². The molecule has 1 aromatic heterocycles. The third kappa shape index (κ3) is 2.51. The van der Waals surface area contributed by atoms with Gasteiger partial charge in [0.05, 0.1) is 5.69 Å². The van der Waals surface area contributed by atoms with E-state index in [2.05, 4.69) is 15.3 Å². The van der Waals surface area contributed by atoms with E-state index in [1.54, 1.807) is 0 Å². The number of nitrogens with one attached hydrogen (secondary N) is 2. The smallest absolute Gasteiger partial charge is 0.303 e. The van der Waals surface area contributed by atoms with Crippen molar-refractivity contribution in [2.45, 2.75) is 5.16 Å². The van der Waals surface area contributed by atoms with Gasteiger partial charge in [0.1, 0.15) is 5.70 Å². The molecule has 8 nitrogen and oxygen atoms in total. The van der Waals surface area contributed by atoms with Gasteiger partial charge in [-0.2, -0.15) is 0 Å². The van der Waals surface area contributed by atoms with Crippen LogP contribution in [0.5, 0.6) is 0 Å². The highest BCUT2D eigenvalue weighted by atomic mass is 32.2. The summed E-state index contributed by atoms with van der Waals surface area (Å²) >= 11 is 0. The molecule has 2 rings (SSSR count). The minimum absolute atomic E-state index is 0.00171.